The summed E-state index contributed by atoms with van der Waals surface area (Å²) in [6.45, 7) is 6.70. The third kappa shape index (κ3) is 4.91. The molecule has 116 valence electrons. The van der Waals surface area contributed by atoms with E-state index in [2.05, 4.69) is 36.3 Å². The van der Waals surface area contributed by atoms with Crippen LogP contribution in [-0.4, -0.2) is 16.1 Å². The first-order valence-corrected chi connectivity index (χ1v) is 6.50. The highest BCUT2D eigenvalue weighted by molar-refractivity contribution is 6.03. The largest absolute Gasteiger partial charge is 0.467 e. The van der Waals surface area contributed by atoms with Crippen molar-refractivity contribution in [3.05, 3.63) is 35.4 Å². The number of aromatic amines is 1. The van der Waals surface area contributed by atoms with Crippen molar-refractivity contribution in [3.8, 4) is 0 Å². The third-order valence-electron chi connectivity index (χ3n) is 2.71. The van der Waals surface area contributed by atoms with Gasteiger partial charge in [-0.2, -0.15) is 5.10 Å². The first kappa shape index (κ1) is 17.3. The van der Waals surface area contributed by atoms with Crippen molar-refractivity contribution in [1.82, 2.24) is 10.2 Å². The molecule has 1 amide bonds. The predicted molar refractivity (Wildman–Crippen MR) is 83.5 cm³/mol. The number of hydrogen-bond donors (Lipinski definition) is 3. The molecule has 0 aromatic carbocycles. The summed E-state index contributed by atoms with van der Waals surface area (Å²) in [6, 6.07) is 3.46. The maximum absolute atomic E-state index is 12.0. The minimum atomic E-state index is -0.262. The number of nitrogens with two attached hydrogens (primary N) is 1. The Balaban J connectivity index is 0.00000220. The zero-order valence-electron chi connectivity index (χ0n) is 12.4. The number of anilines is 1. The first-order valence-electron chi connectivity index (χ1n) is 6.50. The Hall–Kier alpha value is -1.79. The van der Waals surface area contributed by atoms with Gasteiger partial charge in [-0.1, -0.05) is 20.8 Å². The Bertz CT molecular complexity index is 598. The van der Waals surface area contributed by atoms with Gasteiger partial charge < -0.3 is 15.5 Å². The molecule has 21 heavy (non-hydrogen) atoms. The van der Waals surface area contributed by atoms with Crippen LogP contribution in [0.25, 0.3) is 0 Å². The number of hydrogen-bond acceptors (Lipinski definition) is 4. The molecule has 0 saturated carbocycles. The number of furan rings is 1. The van der Waals surface area contributed by atoms with E-state index in [0.717, 1.165) is 12.1 Å². The molecule has 4 N–H and O–H groups in total. The van der Waals surface area contributed by atoms with Gasteiger partial charge in [0, 0.05) is 11.8 Å². The Morgan fingerprint density at radius 1 is 1.43 bits per heavy atom. The number of amides is 1. The van der Waals surface area contributed by atoms with Crippen molar-refractivity contribution in [2.45, 2.75) is 33.7 Å². The lowest BCUT2D eigenvalue weighted by Crippen LogP contribution is -2.11. The number of halogens is 1. The van der Waals surface area contributed by atoms with Crippen LogP contribution in [0.5, 0.6) is 0 Å². The number of rotatable bonds is 4. The molecule has 0 bridgehead atoms. The van der Waals surface area contributed by atoms with Crippen LogP contribution in [0.15, 0.2) is 22.8 Å². The van der Waals surface area contributed by atoms with Crippen LogP contribution in [0.4, 0.5) is 5.82 Å². The Morgan fingerprint density at radius 2 is 2.14 bits per heavy atom. The Kier molecular flexibility index (Phi) is 5.57. The maximum Gasteiger partial charge on any atom is 0.260 e. The summed E-state index contributed by atoms with van der Waals surface area (Å²) in [5.41, 5.74) is 7.02. The van der Waals surface area contributed by atoms with Crippen LogP contribution in [0.1, 0.15) is 42.6 Å². The van der Waals surface area contributed by atoms with Crippen LogP contribution < -0.4 is 11.1 Å². The van der Waals surface area contributed by atoms with Crippen LogP contribution >= 0.6 is 12.4 Å². The normalized spacial score (nSPS) is 11.0. The second kappa shape index (κ2) is 6.78. The quantitative estimate of drug-likeness (QED) is 0.808. The summed E-state index contributed by atoms with van der Waals surface area (Å²) in [5.74, 6) is 0.817. The van der Waals surface area contributed by atoms with Gasteiger partial charge in [-0.25, -0.2) is 0 Å². The molecular formula is C14H21ClN4O2. The van der Waals surface area contributed by atoms with Gasteiger partial charge in [-0.15, -0.1) is 12.4 Å². The second-order valence-corrected chi connectivity index (χ2v) is 5.98. The van der Waals surface area contributed by atoms with Crippen LogP contribution in [0.3, 0.4) is 0 Å². The van der Waals surface area contributed by atoms with Gasteiger partial charge in [0.15, 0.2) is 5.82 Å². The highest BCUT2D eigenvalue weighted by Crippen LogP contribution is 2.20. The molecule has 0 aliphatic heterocycles. The molecule has 6 nitrogen and oxygen atoms in total. The summed E-state index contributed by atoms with van der Waals surface area (Å²) in [6.07, 6.45) is 2.25. The summed E-state index contributed by atoms with van der Waals surface area (Å²) in [4.78, 5) is 12.0. The monoisotopic (exact) mass is 312 g/mol. The highest BCUT2D eigenvalue weighted by atomic mass is 35.5. The lowest BCUT2D eigenvalue weighted by atomic mass is 9.91. The van der Waals surface area contributed by atoms with Gasteiger partial charge in [0.2, 0.25) is 0 Å². The molecule has 0 aliphatic rings. The molecular weight excluding hydrogens is 292 g/mol. The van der Waals surface area contributed by atoms with Crippen LogP contribution in [0, 0.1) is 5.41 Å². The van der Waals surface area contributed by atoms with E-state index in [-0.39, 0.29) is 30.3 Å². The van der Waals surface area contributed by atoms with Gasteiger partial charge >= 0.3 is 0 Å². The molecule has 0 fully saturated rings. The molecule has 2 rings (SSSR count). The van der Waals surface area contributed by atoms with Crippen molar-refractivity contribution in [3.63, 3.8) is 0 Å². The lowest BCUT2D eigenvalue weighted by molar-refractivity contribution is 0.102. The fourth-order valence-electron chi connectivity index (χ4n) is 1.88. The van der Waals surface area contributed by atoms with Crippen molar-refractivity contribution < 1.29 is 9.21 Å². The fraction of sp³-hybridized carbons (Fsp3) is 0.429. The molecule has 2 aromatic rings. The summed E-state index contributed by atoms with van der Waals surface area (Å²) in [5, 5.41) is 9.73. The SMILES string of the molecule is CC(C)(C)Cc1cc(NC(=O)c2coc(CN)c2)n[nH]1.Cl. The van der Waals surface area contributed by atoms with Crippen LogP contribution in [-0.2, 0) is 13.0 Å². The second-order valence-electron chi connectivity index (χ2n) is 5.98. The number of carbonyl (C=O) groups excluding carboxylic acids is 1. The van der Waals surface area contributed by atoms with Crippen molar-refractivity contribution in [1.29, 1.82) is 0 Å². The number of carbonyl (C=O) groups is 1. The van der Waals surface area contributed by atoms with E-state index in [1.165, 1.54) is 6.26 Å². The molecule has 0 aliphatic carbocycles. The van der Waals surface area contributed by atoms with E-state index < -0.39 is 0 Å². The number of nitrogens with zero attached hydrogens (tertiary/aromatic N) is 1. The van der Waals surface area contributed by atoms with E-state index in [1.54, 1.807) is 6.07 Å². The number of nitrogens with one attached hydrogen (secondary N) is 2. The third-order valence-corrected chi connectivity index (χ3v) is 2.71. The average molecular weight is 313 g/mol. The molecule has 2 heterocycles. The van der Waals surface area contributed by atoms with Gasteiger partial charge in [-0.05, 0) is 17.9 Å². The van der Waals surface area contributed by atoms with E-state index in [0.29, 0.717) is 17.1 Å². The topological polar surface area (TPSA) is 96.9 Å². The standard InChI is InChI=1S/C14H20N4O2.ClH/c1-14(2,3)6-10-5-12(18-17-10)16-13(19)9-4-11(7-15)20-8-9;/h4-5,8H,6-7,15H2,1-3H3,(H2,16,17,18,19);1H. The van der Waals surface area contributed by atoms with E-state index in [4.69, 9.17) is 10.2 Å². The average Bonchev–Trinajstić information content (AvgIpc) is 2.96. The smallest absolute Gasteiger partial charge is 0.260 e. The van der Waals surface area contributed by atoms with Gasteiger partial charge in [0.1, 0.15) is 12.0 Å². The van der Waals surface area contributed by atoms with Gasteiger partial charge in [0.25, 0.3) is 5.91 Å². The minimum Gasteiger partial charge on any atom is -0.467 e. The minimum absolute atomic E-state index is 0. The predicted octanol–water partition coefficient (Wildman–Crippen LogP) is 2.72. The number of H-pyrrole nitrogens is 1. The fourth-order valence-corrected chi connectivity index (χ4v) is 1.88. The molecule has 0 unspecified atom stereocenters. The van der Waals surface area contributed by atoms with Crippen molar-refractivity contribution in [2.24, 2.45) is 11.1 Å². The summed E-state index contributed by atoms with van der Waals surface area (Å²) in [7, 11) is 0. The number of aromatic nitrogens is 2. The van der Waals surface area contributed by atoms with Crippen molar-refractivity contribution in [2.75, 3.05) is 5.32 Å². The Labute approximate surface area is 129 Å². The van der Waals surface area contributed by atoms with E-state index >= 15 is 0 Å². The van der Waals surface area contributed by atoms with Crippen LogP contribution in [0.2, 0.25) is 0 Å². The van der Waals surface area contributed by atoms with Crippen molar-refractivity contribution >= 4 is 24.1 Å². The zero-order valence-corrected chi connectivity index (χ0v) is 13.2. The molecule has 0 saturated heterocycles. The van der Waals surface area contributed by atoms with Gasteiger partial charge in [0.05, 0.1) is 12.1 Å². The zero-order chi connectivity index (χ0) is 14.8. The molecule has 0 atom stereocenters. The first-order chi connectivity index (χ1) is 9.37. The van der Waals surface area contributed by atoms with Gasteiger partial charge in [-0.3, -0.25) is 9.89 Å². The summed E-state index contributed by atoms with van der Waals surface area (Å²) < 4.78 is 5.13. The summed E-state index contributed by atoms with van der Waals surface area (Å²) >= 11 is 0. The molecule has 0 spiro atoms. The molecule has 0 radical (unpaired) electrons. The molecule has 2 aromatic heterocycles. The maximum atomic E-state index is 12.0. The highest BCUT2D eigenvalue weighted by Gasteiger charge is 2.15. The lowest BCUT2D eigenvalue weighted by Gasteiger charge is -2.15. The molecule has 7 heteroatoms. The van der Waals surface area contributed by atoms with E-state index in [1.807, 2.05) is 6.07 Å². The Morgan fingerprint density at radius 3 is 2.71 bits per heavy atom. The van der Waals surface area contributed by atoms with E-state index in [9.17, 15) is 4.79 Å².